The standard InChI is InChI=1S/C28H40N6O4S/c1-16-23(18(3)38-32-16)25(35)21-15-39-27(30-21)22-14-33-12-8-11-20(33)13-34(22)28(37)24(19-9-6-5-7-10-19)31-26(36)17(2)29-4/h15,17,19-20,22,24,29H,5-14H2,1-4H3,(H,31,36)/t17-,20+,22-,24-/m0/s1. The Balaban J connectivity index is 1.44. The molecule has 2 N–H and O–H groups in total. The van der Waals surface area contributed by atoms with Crippen LogP contribution in [0, 0.1) is 19.8 Å². The number of ketones is 1. The number of hydrogen-bond donors (Lipinski definition) is 2. The Morgan fingerprint density at radius 3 is 2.56 bits per heavy atom. The maximum Gasteiger partial charge on any atom is 0.246 e. The Hall–Kier alpha value is -2.63. The Kier molecular flexibility index (Phi) is 8.49. The highest BCUT2D eigenvalue weighted by molar-refractivity contribution is 7.10. The van der Waals surface area contributed by atoms with Gasteiger partial charge in [0.2, 0.25) is 17.6 Å². The Labute approximate surface area is 233 Å². The van der Waals surface area contributed by atoms with Crippen molar-refractivity contribution in [3.63, 3.8) is 0 Å². The van der Waals surface area contributed by atoms with E-state index in [1.807, 2.05) is 11.8 Å². The quantitative estimate of drug-likeness (QED) is 0.476. The van der Waals surface area contributed by atoms with Gasteiger partial charge in [-0.1, -0.05) is 24.4 Å². The summed E-state index contributed by atoms with van der Waals surface area (Å²) in [6.45, 7) is 7.58. The lowest BCUT2D eigenvalue weighted by Crippen LogP contribution is -2.60. The predicted octanol–water partition coefficient (Wildman–Crippen LogP) is 3.00. The smallest absolute Gasteiger partial charge is 0.246 e. The third-order valence-electron chi connectivity index (χ3n) is 8.78. The summed E-state index contributed by atoms with van der Waals surface area (Å²) in [5, 5.41) is 12.6. The molecular formula is C28H40N6O4S. The number of likely N-dealkylation sites (N-methyl/N-ethyl adjacent to an activating group) is 1. The molecule has 11 heteroatoms. The minimum atomic E-state index is -0.563. The second-order valence-corrected chi connectivity index (χ2v) is 12.2. The first kappa shape index (κ1) is 27.9. The van der Waals surface area contributed by atoms with E-state index in [4.69, 9.17) is 9.51 Å². The van der Waals surface area contributed by atoms with E-state index in [1.54, 1.807) is 26.3 Å². The lowest BCUT2D eigenvalue weighted by atomic mass is 9.82. The normalized spacial score (nSPS) is 23.8. The highest BCUT2D eigenvalue weighted by atomic mass is 32.1. The molecule has 5 rings (SSSR count). The zero-order valence-corrected chi connectivity index (χ0v) is 24.2. The van der Waals surface area contributed by atoms with Crippen molar-refractivity contribution in [2.75, 3.05) is 26.7 Å². The van der Waals surface area contributed by atoms with Gasteiger partial charge in [0, 0.05) is 24.5 Å². The summed E-state index contributed by atoms with van der Waals surface area (Å²) in [5.41, 5.74) is 1.34. The van der Waals surface area contributed by atoms with Crippen LogP contribution < -0.4 is 10.6 Å². The fraction of sp³-hybridized carbons (Fsp3) is 0.679. The van der Waals surface area contributed by atoms with Crippen molar-refractivity contribution in [1.29, 1.82) is 0 Å². The van der Waals surface area contributed by atoms with Crippen molar-refractivity contribution in [3.05, 3.63) is 33.1 Å². The third kappa shape index (κ3) is 5.67. The molecule has 4 heterocycles. The van der Waals surface area contributed by atoms with Gasteiger partial charge in [-0.2, -0.15) is 0 Å². The molecule has 3 aliphatic rings. The summed E-state index contributed by atoms with van der Waals surface area (Å²) in [4.78, 5) is 49.8. The van der Waals surface area contributed by atoms with Crippen LogP contribution in [-0.4, -0.2) is 82.3 Å². The average Bonchev–Trinajstić information content (AvgIpc) is 3.70. The zero-order chi connectivity index (χ0) is 27.7. The van der Waals surface area contributed by atoms with Crippen LogP contribution in [0.4, 0.5) is 0 Å². The number of hydrogen-bond acceptors (Lipinski definition) is 9. The molecule has 4 atom stereocenters. The van der Waals surface area contributed by atoms with E-state index in [0.29, 0.717) is 41.8 Å². The van der Waals surface area contributed by atoms with Gasteiger partial charge in [0.1, 0.15) is 22.5 Å². The number of fused-ring (bicyclic) bond motifs is 1. The lowest BCUT2D eigenvalue weighted by molar-refractivity contribution is -0.144. The van der Waals surface area contributed by atoms with Gasteiger partial charge in [-0.3, -0.25) is 19.3 Å². The van der Waals surface area contributed by atoms with Gasteiger partial charge >= 0.3 is 0 Å². The highest BCUT2D eigenvalue weighted by Gasteiger charge is 2.44. The Morgan fingerprint density at radius 1 is 1.10 bits per heavy atom. The Morgan fingerprint density at radius 2 is 1.87 bits per heavy atom. The second-order valence-electron chi connectivity index (χ2n) is 11.3. The summed E-state index contributed by atoms with van der Waals surface area (Å²) < 4.78 is 5.20. The summed E-state index contributed by atoms with van der Waals surface area (Å²) in [6, 6.07) is -0.907. The van der Waals surface area contributed by atoms with Crippen LogP contribution in [0.3, 0.4) is 0 Å². The number of carbonyl (C=O) groups is 3. The second kappa shape index (κ2) is 11.9. The SMILES string of the molecule is CN[C@@H](C)C(=O)N[C@H](C(=O)N1C[C@H]2CCCN2C[C@H]1c1nc(C(=O)c2c(C)noc2C)cs1)C1CCCCC1. The number of aryl methyl sites for hydroxylation is 2. The summed E-state index contributed by atoms with van der Waals surface area (Å²) >= 11 is 1.42. The number of nitrogens with one attached hydrogen (secondary N) is 2. The van der Waals surface area contributed by atoms with E-state index in [9.17, 15) is 14.4 Å². The summed E-state index contributed by atoms with van der Waals surface area (Å²) in [7, 11) is 1.75. The largest absolute Gasteiger partial charge is 0.361 e. The molecule has 2 aromatic rings. The zero-order valence-electron chi connectivity index (χ0n) is 23.4. The van der Waals surface area contributed by atoms with Crippen LogP contribution in [0.1, 0.15) is 90.4 Å². The molecule has 0 radical (unpaired) electrons. The number of aromatic nitrogens is 2. The van der Waals surface area contributed by atoms with Crippen molar-refractivity contribution in [2.24, 2.45) is 5.92 Å². The van der Waals surface area contributed by atoms with Crippen LogP contribution in [0.2, 0.25) is 0 Å². The fourth-order valence-electron chi connectivity index (χ4n) is 6.39. The van der Waals surface area contributed by atoms with Crippen molar-refractivity contribution in [3.8, 4) is 0 Å². The highest BCUT2D eigenvalue weighted by Crippen LogP contribution is 2.36. The molecule has 1 saturated carbocycles. The van der Waals surface area contributed by atoms with Crippen LogP contribution in [-0.2, 0) is 9.59 Å². The van der Waals surface area contributed by atoms with E-state index in [2.05, 4.69) is 20.7 Å². The lowest BCUT2D eigenvalue weighted by Gasteiger charge is -2.45. The van der Waals surface area contributed by atoms with Crippen molar-refractivity contribution in [2.45, 2.75) is 89.9 Å². The monoisotopic (exact) mass is 556 g/mol. The van der Waals surface area contributed by atoms with E-state index in [1.165, 1.54) is 17.8 Å². The van der Waals surface area contributed by atoms with Crippen LogP contribution >= 0.6 is 11.3 Å². The predicted molar refractivity (Wildman–Crippen MR) is 148 cm³/mol. The minimum Gasteiger partial charge on any atom is -0.361 e. The fourth-order valence-corrected chi connectivity index (χ4v) is 7.29. The molecule has 2 saturated heterocycles. The van der Waals surface area contributed by atoms with Gasteiger partial charge in [0.25, 0.3) is 0 Å². The van der Waals surface area contributed by atoms with E-state index >= 15 is 0 Å². The van der Waals surface area contributed by atoms with Crippen molar-refractivity contribution >= 4 is 28.9 Å². The molecule has 2 aromatic heterocycles. The van der Waals surface area contributed by atoms with Gasteiger partial charge in [-0.15, -0.1) is 11.3 Å². The molecule has 3 fully saturated rings. The van der Waals surface area contributed by atoms with Crippen molar-refractivity contribution < 1.29 is 18.9 Å². The van der Waals surface area contributed by atoms with Crippen molar-refractivity contribution in [1.82, 2.24) is 30.6 Å². The van der Waals surface area contributed by atoms with Gasteiger partial charge < -0.3 is 20.1 Å². The molecule has 39 heavy (non-hydrogen) atoms. The number of thiazole rings is 1. The number of carbonyl (C=O) groups excluding carboxylic acids is 3. The maximum absolute atomic E-state index is 14.4. The summed E-state index contributed by atoms with van der Waals surface area (Å²) in [5.74, 6) is 0.204. The van der Waals surface area contributed by atoms with E-state index < -0.39 is 6.04 Å². The van der Waals surface area contributed by atoms with Crippen LogP contribution in [0.25, 0.3) is 0 Å². The van der Waals surface area contributed by atoms with Crippen LogP contribution in [0.5, 0.6) is 0 Å². The van der Waals surface area contributed by atoms with Gasteiger partial charge in [-0.05, 0) is 66.0 Å². The van der Waals surface area contributed by atoms with E-state index in [-0.39, 0.29) is 35.6 Å². The van der Waals surface area contributed by atoms with Gasteiger partial charge in [-0.25, -0.2) is 4.98 Å². The van der Waals surface area contributed by atoms with Gasteiger partial charge in [0.05, 0.1) is 23.3 Å². The summed E-state index contributed by atoms with van der Waals surface area (Å²) in [6.07, 6.45) is 7.36. The first-order valence-electron chi connectivity index (χ1n) is 14.2. The maximum atomic E-state index is 14.4. The topological polar surface area (TPSA) is 121 Å². The molecule has 10 nitrogen and oxygen atoms in total. The molecule has 2 amide bonds. The molecule has 0 aromatic carbocycles. The first-order valence-corrected chi connectivity index (χ1v) is 15.1. The molecule has 212 valence electrons. The molecule has 1 aliphatic carbocycles. The Bertz CT molecular complexity index is 1190. The first-order chi connectivity index (χ1) is 18.8. The third-order valence-corrected chi connectivity index (χ3v) is 9.73. The molecule has 0 unspecified atom stereocenters. The molecular weight excluding hydrogens is 516 g/mol. The number of piperazine rings is 1. The number of nitrogens with zero attached hydrogens (tertiary/aromatic N) is 4. The van der Waals surface area contributed by atoms with Crippen LogP contribution in [0.15, 0.2) is 9.90 Å². The van der Waals surface area contributed by atoms with E-state index in [0.717, 1.165) is 50.1 Å². The number of amides is 2. The molecule has 0 spiro atoms. The average molecular weight is 557 g/mol. The number of rotatable bonds is 8. The minimum absolute atomic E-state index is 0.0242. The molecule has 0 bridgehead atoms. The molecule has 2 aliphatic heterocycles. The van der Waals surface area contributed by atoms with Gasteiger partial charge in [0.15, 0.2) is 0 Å².